The van der Waals surface area contributed by atoms with Crippen LogP contribution in [0.5, 0.6) is 0 Å². The fourth-order valence-electron chi connectivity index (χ4n) is 1.01. The van der Waals surface area contributed by atoms with Gasteiger partial charge < -0.3 is 14.4 Å². The van der Waals surface area contributed by atoms with Gasteiger partial charge in [-0.2, -0.15) is 4.98 Å². The first kappa shape index (κ1) is 11.1. The van der Waals surface area contributed by atoms with E-state index in [1.807, 2.05) is 6.92 Å². The van der Waals surface area contributed by atoms with Crippen LogP contribution in [0.15, 0.2) is 4.52 Å². The van der Waals surface area contributed by atoms with Crippen molar-refractivity contribution in [2.75, 3.05) is 13.7 Å². The topological polar surface area (TPSA) is 68.4 Å². The molecule has 80 valence electrons. The standard InChI is InChI=1S/C9H16N2O3/c1-3-7(12)6-9-10-8(11-14-9)4-5-13-2/h7,12H,3-6H2,1-2H3. The van der Waals surface area contributed by atoms with Gasteiger partial charge in [0.1, 0.15) is 0 Å². The summed E-state index contributed by atoms with van der Waals surface area (Å²) in [7, 11) is 1.63. The van der Waals surface area contributed by atoms with E-state index in [0.29, 0.717) is 37.6 Å². The monoisotopic (exact) mass is 200 g/mol. The molecule has 0 amide bonds. The molecule has 1 aromatic rings. The van der Waals surface area contributed by atoms with Crippen molar-refractivity contribution in [3.8, 4) is 0 Å². The van der Waals surface area contributed by atoms with Crippen LogP contribution in [0.3, 0.4) is 0 Å². The first-order valence-corrected chi connectivity index (χ1v) is 4.74. The molecule has 1 aromatic heterocycles. The number of ether oxygens (including phenoxy) is 1. The summed E-state index contributed by atoms with van der Waals surface area (Å²) in [6.45, 7) is 2.49. The van der Waals surface area contributed by atoms with E-state index >= 15 is 0 Å². The zero-order chi connectivity index (χ0) is 10.4. The number of hydrogen-bond donors (Lipinski definition) is 1. The Labute approximate surface area is 83.1 Å². The molecule has 5 nitrogen and oxygen atoms in total. The van der Waals surface area contributed by atoms with E-state index in [1.54, 1.807) is 7.11 Å². The number of hydrogen-bond acceptors (Lipinski definition) is 5. The van der Waals surface area contributed by atoms with E-state index < -0.39 is 6.10 Å². The zero-order valence-corrected chi connectivity index (χ0v) is 8.56. The van der Waals surface area contributed by atoms with Gasteiger partial charge in [-0.3, -0.25) is 0 Å². The highest BCUT2D eigenvalue weighted by molar-refractivity contribution is 4.88. The fourth-order valence-corrected chi connectivity index (χ4v) is 1.01. The highest BCUT2D eigenvalue weighted by Gasteiger charge is 2.10. The quantitative estimate of drug-likeness (QED) is 0.727. The van der Waals surface area contributed by atoms with Crippen molar-refractivity contribution in [2.24, 2.45) is 0 Å². The lowest BCUT2D eigenvalue weighted by Gasteiger charge is -2.01. The molecular weight excluding hydrogens is 184 g/mol. The van der Waals surface area contributed by atoms with Crippen LogP contribution in [0.25, 0.3) is 0 Å². The molecule has 5 heteroatoms. The number of rotatable bonds is 6. The van der Waals surface area contributed by atoms with Crippen LogP contribution in [0, 0.1) is 0 Å². The summed E-state index contributed by atoms with van der Waals surface area (Å²) in [5.74, 6) is 1.12. The Hall–Kier alpha value is -0.940. The number of aliphatic hydroxyl groups excluding tert-OH is 1. The van der Waals surface area contributed by atoms with E-state index in [2.05, 4.69) is 10.1 Å². The Kier molecular flexibility index (Phi) is 4.55. The average Bonchev–Trinajstić information content (AvgIpc) is 2.62. The summed E-state index contributed by atoms with van der Waals surface area (Å²) in [5, 5.41) is 13.1. The van der Waals surface area contributed by atoms with Crippen molar-refractivity contribution in [1.29, 1.82) is 0 Å². The van der Waals surface area contributed by atoms with Crippen LogP contribution in [0.4, 0.5) is 0 Å². The predicted octanol–water partition coefficient (Wildman–Crippen LogP) is 0.572. The van der Waals surface area contributed by atoms with E-state index in [1.165, 1.54) is 0 Å². The van der Waals surface area contributed by atoms with Crippen LogP contribution >= 0.6 is 0 Å². The van der Waals surface area contributed by atoms with E-state index in [9.17, 15) is 5.11 Å². The minimum atomic E-state index is -0.397. The number of aliphatic hydroxyl groups is 1. The van der Waals surface area contributed by atoms with Gasteiger partial charge in [-0.15, -0.1) is 0 Å². The van der Waals surface area contributed by atoms with Gasteiger partial charge >= 0.3 is 0 Å². The van der Waals surface area contributed by atoms with Crippen LogP contribution in [0.1, 0.15) is 25.1 Å². The Balaban J connectivity index is 2.42. The Morgan fingerprint density at radius 3 is 3.00 bits per heavy atom. The first-order chi connectivity index (χ1) is 6.76. The summed E-state index contributed by atoms with van der Waals surface area (Å²) in [4.78, 5) is 4.12. The number of methoxy groups -OCH3 is 1. The molecule has 1 atom stereocenters. The minimum Gasteiger partial charge on any atom is -0.393 e. The van der Waals surface area contributed by atoms with Crippen molar-refractivity contribution < 1.29 is 14.4 Å². The molecule has 0 aliphatic heterocycles. The molecule has 1 N–H and O–H groups in total. The molecule has 0 saturated carbocycles. The molecule has 0 spiro atoms. The lowest BCUT2D eigenvalue weighted by atomic mass is 10.2. The number of nitrogens with zero attached hydrogens (tertiary/aromatic N) is 2. The van der Waals surface area contributed by atoms with Crippen molar-refractivity contribution in [3.63, 3.8) is 0 Å². The van der Waals surface area contributed by atoms with Gasteiger partial charge in [0.2, 0.25) is 5.89 Å². The second-order valence-corrected chi connectivity index (χ2v) is 3.11. The molecule has 0 radical (unpaired) electrons. The van der Waals surface area contributed by atoms with E-state index in [-0.39, 0.29) is 0 Å². The normalized spacial score (nSPS) is 13.1. The molecule has 0 aliphatic rings. The molecule has 0 saturated heterocycles. The second-order valence-electron chi connectivity index (χ2n) is 3.11. The van der Waals surface area contributed by atoms with Gasteiger partial charge in [-0.1, -0.05) is 12.1 Å². The third-order valence-corrected chi connectivity index (χ3v) is 1.92. The highest BCUT2D eigenvalue weighted by Crippen LogP contribution is 2.04. The maximum atomic E-state index is 9.34. The molecule has 1 heterocycles. The third-order valence-electron chi connectivity index (χ3n) is 1.92. The Morgan fingerprint density at radius 2 is 2.36 bits per heavy atom. The summed E-state index contributed by atoms with van der Waals surface area (Å²) < 4.78 is 9.84. The van der Waals surface area contributed by atoms with Crippen LogP contribution < -0.4 is 0 Å². The van der Waals surface area contributed by atoms with Gasteiger partial charge in [0.05, 0.1) is 19.1 Å². The maximum Gasteiger partial charge on any atom is 0.229 e. The zero-order valence-electron chi connectivity index (χ0n) is 8.56. The van der Waals surface area contributed by atoms with Crippen molar-refractivity contribution >= 4 is 0 Å². The van der Waals surface area contributed by atoms with E-state index in [0.717, 1.165) is 0 Å². The molecule has 1 rings (SSSR count). The average molecular weight is 200 g/mol. The number of aromatic nitrogens is 2. The van der Waals surface area contributed by atoms with Gasteiger partial charge in [-0.05, 0) is 6.42 Å². The van der Waals surface area contributed by atoms with E-state index in [4.69, 9.17) is 9.26 Å². The molecule has 0 aromatic carbocycles. The summed E-state index contributed by atoms with van der Waals surface area (Å²) in [6.07, 6.45) is 1.36. The van der Waals surface area contributed by atoms with Gasteiger partial charge in [0.15, 0.2) is 5.82 Å². The molecular formula is C9H16N2O3. The smallest absolute Gasteiger partial charge is 0.229 e. The fraction of sp³-hybridized carbons (Fsp3) is 0.778. The SMILES string of the molecule is CCC(O)Cc1nc(CCOC)no1. The first-order valence-electron chi connectivity index (χ1n) is 4.74. The Morgan fingerprint density at radius 1 is 1.57 bits per heavy atom. The van der Waals surface area contributed by atoms with Gasteiger partial charge in [0.25, 0.3) is 0 Å². The van der Waals surface area contributed by atoms with Crippen molar-refractivity contribution in [3.05, 3.63) is 11.7 Å². The Bertz CT molecular complexity index is 262. The second kappa shape index (κ2) is 5.72. The van der Waals surface area contributed by atoms with Crippen molar-refractivity contribution in [2.45, 2.75) is 32.3 Å². The molecule has 14 heavy (non-hydrogen) atoms. The van der Waals surface area contributed by atoms with Crippen molar-refractivity contribution in [1.82, 2.24) is 10.1 Å². The molecule has 0 fully saturated rings. The third kappa shape index (κ3) is 3.43. The molecule has 0 bridgehead atoms. The minimum absolute atomic E-state index is 0.397. The summed E-state index contributed by atoms with van der Waals surface area (Å²) in [5.41, 5.74) is 0. The maximum absolute atomic E-state index is 9.34. The predicted molar refractivity (Wildman–Crippen MR) is 49.9 cm³/mol. The van der Waals surface area contributed by atoms with Gasteiger partial charge in [0, 0.05) is 13.5 Å². The largest absolute Gasteiger partial charge is 0.393 e. The molecule has 0 aliphatic carbocycles. The molecule has 1 unspecified atom stereocenters. The van der Waals surface area contributed by atoms with Crippen LogP contribution in [-0.2, 0) is 17.6 Å². The lowest BCUT2D eigenvalue weighted by molar-refractivity contribution is 0.158. The summed E-state index contributed by atoms with van der Waals surface area (Å²) in [6, 6.07) is 0. The summed E-state index contributed by atoms with van der Waals surface area (Å²) >= 11 is 0. The van der Waals surface area contributed by atoms with Crippen LogP contribution in [0.2, 0.25) is 0 Å². The van der Waals surface area contributed by atoms with Gasteiger partial charge in [-0.25, -0.2) is 0 Å². The van der Waals surface area contributed by atoms with Crippen LogP contribution in [-0.4, -0.2) is 35.1 Å². The lowest BCUT2D eigenvalue weighted by Crippen LogP contribution is -2.08. The highest BCUT2D eigenvalue weighted by atomic mass is 16.5.